The fraction of sp³-hybridized carbons (Fsp3) is 0.467. The van der Waals surface area contributed by atoms with Gasteiger partial charge in [-0.2, -0.15) is 10.2 Å². The number of carbonyl (C=O) groups excluding carboxylic acids is 1. The van der Waals surface area contributed by atoms with Crippen LogP contribution in [-0.4, -0.2) is 48.3 Å². The standard InChI is InChI=1S/C15H17N3O5/c1-3-22-13-11(15(21)23-4-2)5-9(6-16)12(17-13)18-7-10(8-18)14(19)20/h5,10H,3-4,7-8H2,1-2H3,(H,19,20). The SMILES string of the molecule is CCOC(=O)c1cc(C#N)c(N2CC(C(=O)O)C2)nc1OCC. The number of esters is 1. The van der Waals surface area contributed by atoms with Gasteiger partial charge in [0.1, 0.15) is 11.6 Å². The van der Waals surface area contributed by atoms with E-state index in [4.69, 9.17) is 14.6 Å². The first-order valence-electron chi connectivity index (χ1n) is 7.24. The van der Waals surface area contributed by atoms with E-state index in [9.17, 15) is 14.9 Å². The lowest BCUT2D eigenvalue weighted by Crippen LogP contribution is -2.51. The molecule has 0 spiro atoms. The maximum absolute atomic E-state index is 12.0. The van der Waals surface area contributed by atoms with E-state index in [0.717, 1.165) is 0 Å². The van der Waals surface area contributed by atoms with Crippen LogP contribution in [0.2, 0.25) is 0 Å². The van der Waals surface area contributed by atoms with Gasteiger partial charge in [-0.1, -0.05) is 0 Å². The van der Waals surface area contributed by atoms with E-state index in [0.29, 0.717) is 12.4 Å². The molecular formula is C15H17N3O5. The van der Waals surface area contributed by atoms with Gasteiger partial charge in [-0.25, -0.2) is 4.79 Å². The van der Waals surface area contributed by atoms with Gasteiger partial charge in [0.05, 0.1) is 24.7 Å². The van der Waals surface area contributed by atoms with Gasteiger partial charge in [0.25, 0.3) is 0 Å². The van der Waals surface area contributed by atoms with Gasteiger partial charge in [-0.15, -0.1) is 0 Å². The van der Waals surface area contributed by atoms with Gasteiger partial charge in [0.15, 0.2) is 5.82 Å². The molecule has 1 saturated heterocycles. The molecule has 1 aliphatic heterocycles. The highest BCUT2D eigenvalue weighted by Crippen LogP contribution is 2.31. The Balaban J connectivity index is 2.36. The zero-order valence-electron chi connectivity index (χ0n) is 12.9. The Morgan fingerprint density at radius 2 is 2.13 bits per heavy atom. The molecule has 1 aromatic heterocycles. The Morgan fingerprint density at radius 3 is 2.65 bits per heavy atom. The minimum atomic E-state index is -0.882. The van der Waals surface area contributed by atoms with Crippen LogP contribution in [0.3, 0.4) is 0 Å². The molecule has 0 atom stereocenters. The molecule has 23 heavy (non-hydrogen) atoms. The number of hydrogen-bond donors (Lipinski definition) is 1. The monoisotopic (exact) mass is 319 g/mol. The van der Waals surface area contributed by atoms with Crippen LogP contribution in [-0.2, 0) is 9.53 Å². The second-order valence-corrected chi connectivity index (χ2v) is 4.92. The number of ether oxygens (including phenoxy) is 2. The largest absolute Gasteiger partial charge is 0.481 e. The molecule has 0 amide bonds. The molecule has 1 N–H and O–H groups in total. The van der Waals surface area contributed by atoms with Gasteiger partial charge in [-0.3, -0.25) is 4.79 Å². The summed E-state index contributed by atoms with van der Waals surface area (Å²) in [5, 5.41) is 18.2. The third-order valence-corrected chi connectivity index (χ3v) is 3.39. The first kappa shape index (κ1) is 16.5. The van der Waals surface area contributed by atoms with Crippen LogP contribution >= 0.6 is 0 Å². The normalized spacial score (nSPS) is 13.9. The number of carboxylic acid groups (broad SMARTS) is 1. The number of nitrogens with zero attached hydrogens (tertiary/aromatic N) is 3. The fourth-order valence-corrected chi connectivity index (χ4v) is 2.22. The van der Waals surface area contributed by atoms with Gasteiger partial charge < -0.3 is 19.5 Å². The van der Waals surface area contributed by atoms with Crippen molar-refractivity contribution in [1.29, 1.82) is 5.26 Å². The van der Waals surface area contributed by atoms with Gasteiger partial charge in [-0.05, 0) is 19.9 Å². The fourth-order valence-electron chi connectivity index (χ4n) is 2.22. The minimum absolute atomic E-state index is 0.0822. The van der Waals surface area contributed by atoms with Crippen molar-refractivity contribution in [2.24, 2.45) is 5.92 Å². The quantitative estimate of drug-likeness (QED) is 0.774. The lowest BCUT2D eigenvalue weighted by Gasteiger charge is -2.38. The van der Waals surface area contributed by atoms with Crippen LogP contribution in [0.25, 0.3) is 0 Å². The van der Waals surface area contributed by atoms with Crippen LogP contribution in [0.1, 0.15) is 29.8 Å². The van der Waals surface area contributed by atoms with Crippen LogP contribution in [0.15, 0.2) is 6.07 Å². The molecule has 2 heterocycles. The maximum Gasteiger partial charge on any atom is 0.343 e. The van der Waals surface area contributed by atoms with Crippen LogP contribution in [0.5, 0.6) is 5.88 Å². The number of rotatable bonds is 6. The third-order valence-electron chi connectivity index (χ3n) is 3.39. The molecule has 0 radical (unpaired) electrons. The third kappa shape index (κ3) is 3.34. The number of pyridine rings is 1. The summed E-state index contributed by atoms with van der Waals surface area (Å²) in [7, 11) is 0. The molecule has 2 rings (SSSR count). The van der Waals surface area contributed by atoms with Crippen molar-refractivity contribution in [1.82, 2.24) is 4.98 Å². The Morgan fingerprint density at radius 1 is 1.43 bits per heavy atom. The van der Waals surface area contributed by atoms with E-state index >= 15 is 0 Å². The van der Waals surface area contributed by atoms with E-state index in [1.807, 2.05) is 6.07 Å². The summed E-state index contributed by atoms with van der Waals surface area (Å²) in [4.78, 5) is 28.8. The van der Waals surface area contributed by atoms with Crippen molar-refractivity contribution in [3.8, 4) is 11.9 Å². The molecule has 0 aliphatic carbocycles. The van der Waals surface area contributed by atoms with E-state index in [-0.39, 0.29) is 36.7 Å². The summed E-state index contributed by atoms with van der Waals surface area (Å²) in [5.41, 5.74) is 0.268. The molecule has 0 unspecified atom stereocenters. The molecule has 8 heteroatoms. The summed E-state index contributed by atoms with van der Waals surface area (Å²) in [6.07, 6.45) is 0. The lowest BCUT2D eigenvalue weighted by molar-refractivity contribution is -0.142. The van der Waals surface area contributed by atoms with E-state index in [2.05, 4.69) is 4.98 Å². The van der Waals surface area contributed by atoms with Gasteiger partial charge in [0, 0.05) is 13.1 Å². The van der Waals surface area contributed by atoms with Gasteiger partial charge in [0.2, 0.25) is 5.88 Å². The molecule has 1 aromatic rings. The number of aromatic nitrogens is 1. The average molecular weight is 319 g/mol. The number of nitriles is 1. The van der Waals surface area contributed by atoms with Crippen molar-refractivity contribution >= 4 is 17.8 Å². The number of aliphatic carboxylic acids is 1. The molecule has 1 aliphatic rings. The first-order chi connectivity index (χ1) is 11.0. The number of carbonyl (C=O) groups is 2. The first-order valence-corrected chi connectivity index (χ1v) is 7.24. The average Bonchev–Trinajstić information content (AvgIpc) is 2.46. The van der Waals surface area contributed by atoms with Crippen molar-refractivity contribution in [3.05, 3.63) is 17.2 Å². The molecule has 0 bridgehead atoms. The van der Waals surface area contributed by atoms with Crippen molar-refractivity contribution in [2.45, 2.75) is 13.8 Å². The molecule has 0 aromatic carbocycles. The summed E-state index contributed by atoms with van der Waals surface area (Å²) < 4.78 is 10.3. The van der Waals surface area contributed by atoms with E-state index in [1.54, 1.807) is 18.7 Å². The topological polar surface area (TPSA) is 113 Å². The summed E-state index contributed by atoms with van der Waals surface area (Å²) in [6.45, 7) is 4.45. The molecule has 1 fully saturated rings. The number of anilines is 1. The van der Waals surface area contributed by atoms with Crippen molar-refractivity contribution in [3.63, 3.8) is 0 Å². The lowest BCUT2D eigenvalue weighted by atomic mass is 9.99. The Labute approximate surface area is 133 Å². The van der Waals surface area contributed by atoms with Gasteiger partial charge >= 0.3 is 11.9 Å². The van der Waals surface area contributed by atoms with Crippen LogP contribution < -0.4 is 9.64 Å². The highest BCUT2D eigenvalue weighted by Gasteiger charge is 2.35. The minimum Gasteiger partial charge on any atom is -0.481 e. The predicted molar refractivity (Wildman–Crippen MR) is 79.4 cm³/mol. The smallest absolute Gasteiger partial charge is 0.343 e. The van der Waals surface area contributed by atoms with E-state index < -0.39 is 17.9 Å². The predicted octanol–water partition coefficient (Wildman–Crippen LogP) is 1.05. The second-order valence-electron chi connectivity index (χ2n) is 4.92. The van der Waals surface area contributed by atoms with E-state index in [1.165, 1.54) is 6.07 Å². The zero-order valence-corrected chi connectivity index (χ0v) is 12.9. The summed E-state index contributed by atoms with van der Waals surface area (Å²) in [6, 6.07) is 3.35. The number of hydrogen-bond acceptors (Lipinski definition) is 7. The van der Waals surface area contributed by atoms with Crippen molar-refractivity contribution in [2.75, 3.05) is 31.2 Å². The number of carboxylic acids is 1. The molecular weight excluding hydrogens is 302 g/mol. The molecule has 8 nitrogen and oxygen atoms in total. The second kappa shape index (κ2) is 6.96. The highest BCUT2D eigenvalue weighted by atomic mass is 16.5. The molecule has 122 valence electrons. The summed E-state index contributed by atoms with van der Waals surface area (Å²) in [5.74, 6) is -1.57. The Kier molecular flexibility index (Phi) is 5.01. The maximum atomic E-state index is 12.0. The summed E-state index contributed by atoms with van der Waals surface area (Å²) >= 11 is 0. The van der Waals surface area contributed by atoms with Crippen LogP contribution in [0.4, 0.5) is 5.82 Å². The Bertz CT molecular complexity index is 662. The zero-order chi connectivity index (χ0) is 17.0. The highest BCUT2D eigenvalue weighted by molar-refractivity contribution is 5.93. The van der Waals surface area contributed by atoms with Crippen LogP contribution in [0, 0.1) is 17.2 Å². The Hall–Kier alpha value is -2.82. The molecule has 0 saturated carbocycles. The van der Waals surface area contributed by atoms with Crippen molar-refractivity contribution < 1.29 is 24.2 Å².